The van der Waals surface area contributed by atoms with Crippen molar-refractivity contribution in [3.8, 4) is 0 Å². The molecule has 0 bridgehead atoms. The molecular formula is C5H14N4O2S. The van der Waals surface area contributed by atoms with E-state index in [1.165, 1.54) is 6.92 Å². The van der Waals surface area contributed by atoms with Crippen LogP contribution in [0.25, 0.3) is 0 Å². The molecule has 0 aliphatic carbocycles. The average Bonchev–Trinajstić information content (AvgIpc) is 1.83. The maximum Gasteiger partial charge on any atom is 0.275 e. The molecule has 0 aromatic rings. The number of rotatable bonds is 4. The van der Waals surface area contributed by atoms with Crippen LogP contribution in [0.15, 0.2) is 0 Å². The Morgan fingerprint density at radius 2 is 2.08 bits per heavy atom. The van der Waals surface area contributed by atoms with Crippen LogP contribution in [-0.2, 0) is 10.2 Å². The first-order valence-electron chi connectivity index (χ1n) is 3.37. The molecule has 0 fully saturated rings. The van der Waals surface area contributed by atoms with Gasteiger partial charge in [0.25, 0.3) is 10.2 Å². The van der Waals surface area contributed by atoms with E-state index in [1.54, 1.807) is 6.92 Å². The third-order valence-electron chi connectivity index (χ3n) is 1.67. The summed E-state index contributed by atoms with van der Waals surface area (Å²) in [6, 6.07) is 0. The lowest BCUT2D eigenvalue weighted by atomic mass is 10.00. The highest BCUT2D eigenvalue weighted by Gasteiger charge is 2.29. The van der Waals surface area contributed by atoms with Crippen molar-refractivity contribution >= 4 is 16.0 Å². The van der Waals surface area contributed by atoms with Crippen molar-refractivity contribution in [2.75, 3.05) is 0 Å². The Hall–Kier alpha value is -0.660. The lowest BCUT2D eigenvalue weighted by molar-refractivity contribution is 0.506. The highest BCUT2D eigenvalue weighted by atomic mass is 32.2. The predicted molar refractivity (Wildman–Crippen MR) is 46.9 cm³/mol. The second kappa shape index (κ2) is 3.38. The maximum absolute atomic E-state index is 10.6. The lowest BCUT2D eigenvalue weighted by Crippen LogP contribution is -2.56. The van der Waals surface area contributed by atoms with E-state index >= 15 is 0 Å². The number of hydrogen-bond donors (Lipinski definition) is 4. The lowest BCUT2D eigenvalue weighted by Gasteiger charge is -2.26. The standard InChI is InChI=1S/C5H14N4O2S/c1-3-5(2,4(6)7)9-12(8,10)11/h9H,3H2,1-2H3,(H3,6,7)(H2,8,10,11). The Balaban J connectivity index is 4.69. The predicted octanol–water partition coefficient (Wildman–Crippen LogP) is -1.12. The summed E-state index contributed by atoms with van der Waals surface area (Å²) in [4.78, 5) is 0. The summed E-state index contributed by atoms with van der Waals surface area (Å²) in [7, 11) is -3.81. The Labute approximate surface area is 72.0 Å². The minimum Gasteiger partial charge on any atom is -0.386 e. The summed E-state index contributed by atoms with van der Waals surface area (Å²) in [5.74, 6) is -0.251. The van der Waals surface area contributed by atoms with Gasteiger partial charge in [0.15, 0.2) is 0 Å². The van der Waals surface area contributed by atoms with Crippen LogP contribution < -0.4 is 15.6 Å². The number of hydrogen-bond acceptors (Lipinski definition) is 3. The minimum atomic E-state index is -3.81. The van der Waals surface area contributed by atoms with E-state index in [0.29, 0.717) is 6.42 Å². The van der Waals surface area contributed by atoms with Crippen molar-refractivity contribution in [1.29, 1.82) is 5.41 Å². The monoisotopic (exact) mass is 194 g/mol. The van der Waals surface area contributed by atoms with Crippen molar-refractivity contribution in [1.82, 2.24) is 4.72 Å². The third kappa shape index (κ3) is 3.16. The molecule has 1 unspecified atom stereocenters. The highest BCUT2D eigenvalue weighted by Crippen LogP contribution is 2.08. The van der Waals surface area contributed by atoms with Crippen molar-refractivity contribution in [3.05, 3.63) is 0 Å². The van der Waals surface area contributed by atoms with Gasteiger partial charge in [-0.2, -0.15) is 13.1 Å². The van der Waals surface area contributed by atoms with Gasteiger partial charge in [0.2, 0.25) is 0 Å². The molecule has 0 spiro atoms. The van der Waals surface area contributed by atoms with E-state index in [0.717, 1.165) is 0 Å². The number of nitrogens with one attached hydrogen (secondary N) is 2. The smallest absolute Gasteiger partial charge is 0.275 e. The second-order valence-electron chi connectivity index (χ2n) is 2.75. The van der Waals surface area contributed by atoms with Gasteiger partial charge < -0.3 is 5.73 Å². The summed E-state index contributed by atoms with van der Waals surface area (Å²) in [6.45, 7) is 3.21. The van der Waals surface area contributed by atoms with Crippen LogP contribution in [0, 0.1) is 5.41 Å². The molecule has 72 valence electrons. The van der Waals surface area contributed by atoms with Gasteiger partial charge in [-0.05, 0) is 13.3 Å². The molecule has 0 rings (SSSR count). The fraction of sp³-hybridized carbons (Fsp3) is 0.800. The molecule has 0 amide bonds. The van der Waals surface area contributed by atoms with Crippen molar-refractivity contribution in [3.63, 3.8) is 0 Å². The van der Waals surface area contributed by atoms with Crippen LogP contribution in [0.2, 0.25) is 0 Å². The summed E-state index contributed by atoms with van der Waals surface area (Å²) in [5, 5.41) is 11.9. The van der Waals surface area contributed by atoms with E-state index in [2.05, 4.69) is 4.72 Å². The molecule has 0 aliphatic rings. The summed E-state index contributed by atoms with van der Waals surface area (Å²) < 4.78 is 23.3. The van der Waals surface area contributed by atoms with E-state index < -0.39 is 15.7 Å². The normalized spacial score (nSPS) is 16.9. The molecule has 1 atom stereocenters. The van der Waals surface area contributed by atoms with Gasteiger partial charge in [0.1, 0.15) is 5.84 Å². The quantitative estimate of drug-likeness (QED) is 0.335. The zero-order valence-corrected chi connectivity index (χ0v) is 7.90. The van der Waals surface area contributed by atoms with E-state index in [1.807, 2.05) is 0 Å². The Kier molecular flexibility index (Phi) is 3.19. The van der Waals surface area contributed by atoms with Crippen molar-refractivity contribution in [2.45, 2.75) is 25.8 Å². The maximum atomic E-state index is 10.6. The van der Waals surface area contributed by atoms with Crippen LogP contribution in [-0.4, -0.2) is 19.8 Å². The fourth-order valence-corrected chi connectivity index (χ4v) is 1.51. The van der Waals surface area contributed by atoms with Crippen LogP contribution in [0.5, 0.6) is 0 Å². The number of amidine groups is 1. The molecule has 6 N–H and O–H groups in total. The molecule has 0 aliphatic heterocycles. The molecule has 12 heavy (non-hydrogen) atoms. The van der Waals surface area contributed by atoms with Crippen molar-refractivity contribution in [2.24, 2.45) is 10.9 Å². The van der Waals surface area contributed by atoms with Crippen LogP contribution in [0.3, 0.4) is 0 Å². The Bertz CT molecular complexity index is 273. The molecule has 7 heteroatoms. The molecule has 0 heterocycles. The van der Waals surface area contributed by atoms with Gasteiger partial charge in [-0.3, -0.25) is 5.41 Å². The largest absolute Gasteiger partial charge is 0.386 e. The first kappa shape index (κ1) is 11.3. The average molecular weight is 194 g/mol. The molecule has 0 radical (unpaired) electrons. The molecular weight excluding hydrogens is 180 g/mol. The SMILES string of the molecule is CCC(C)(NS(N)(=O)=O)C(=N)N. The van der Waals surface area contributed by atoms with Gasteiger partial charge >= 0.3 is 0 Å². The first-order chi connectivity index (χ1) is 5.21. The Morgan fingerprint density at radius 1 is 1.67 bits per heavy atom. The summed E-state index contributed by atoms with van der Waals surface area (Å²) in [6.07, 6.45) is 0.374. The number of nitrogens with two attached hydrogens (primary N) is 2. The van der Waals surface area contributed by atoms with Crippen LogP contribution in [0.4, 0.5) is 0 Å². The molecule has 0 aromatic heterocycles. The molecule has 0 saturated heterocycles. The third-order valence-corrected chi connectivity index (χ3v) is 2.40. The van der Waals surface area contributed by atoms with E-state index in [4.69, 9.17) is 16.3 Å². The van der Waals surface area contributed by atoms with Gasteiger partial charge in [-0.1, -0.05) is 6.92 Å². The minimum absolute atomic E-state index is 0.251. The van der Waals surface area contributed by atoms with Gasteiger partial charge in [0, 0.05) is 0 Å². The second-order valence-corrected chi connectivity index (χ2v) is 4.04. The van der Waals surface area contributed by atoms with Gasteiger partial charge in [0.05, 0.1) is 5.54 Å². The molecule has 0 aromatic carbocycles. The topological polar surface area (TPSA) is 122 Å². The van der Waals surface area contributed by atoms with E-state index in [9.17, 15) is 8.42 Å². The van der Waals surface area contributed by atoms with Crippen LogP contribution in [0.1, 0.15) is 20.3 Å². The van der Waals surface area contributed by atoms with Crippen LogP contribution >= 0.6 is 0 Å². The zero-order valence-electron chi connectivity index (χ0n) is 7.09. The summed E-state index contributed by atoms with van der Waals surface area (Å²) in [5.41, 5.74) is 4.11. The van der Waals surface area contributed by atoms with Crippen molar-refractivity contribution < 1.29 is 8.42 Å². The fourth-order valence-electron chi connectivity index (χ4n) is 0.632. The first-order valence-corrected chi connectivity index (χ1v) is 4.92. The van der Waals surface area contributed by atoms with E-state index in [-0.39, 0.29) is 5.84 Å². The zero-order chi connectivity index (χ0) is 9.99. The molecule has 6 nitrogen and oxygen atoms in total. The van der Waals surface area contributed by atoms with Gasteiger partial charge in [-0.25, -0.2) is 5.14 Å². The highest BCUT2D eigenvalue weighted by molar-refractivity contribution is 7.87. The molecule has 0 saturated carbocycles. The summed E-state index contributed by atoms with van der Waals surface area (Å²) >= 11 is 0. The Morgan fingerprint density at radius 3 is 2.17 bits per heavy atom. The van der Waals surface area contributed by atoms with Gasteiger partial charge in [-0.15, -0.1) is 0 Å².